The van der Waals surface area contributed by atoms with E-state index in [4.69, 9.17) is 16.3 Å². The molecule has 2 heterocycles. The molecule has 0 aliphatic carbocycles. The van der Waals surface area contributed by atoms with Crippen LogP contribution < -0.4 is 9.64 Å². The van der Waals surface area contributed by atoms with Crippen LogP contribution in [0.5, 0.6) is 11.5 Å². The second-order valence-corrected chi connectivity index (χ2v) is 13.3. The van der Waals surface area contributed by atoms with E-state index < -0.39 is 11.5 Å². The summed E-state index contributed by atoms with van der Waals surface area (Å²) in [6.07, 6.45) is 0. The Labute approximate surface area is 226 Å². The molecule has 3 aromatic carbocycles. The first-order chi connectivity index (χ1) is 16.7. The molecule has 1 spiro atoms. The highest BCUT2D eigenvalue weighted by atomic mass is 79.9. The standard InChI is InChI=1S/C30H31BrClNO3/c1-28(2,3)21-12-16(13-22(26(21)34)29(4,5)6)25-19-10-9-18(32)15-24(19)36-30(25)20-14-17(31)8-11-23(20)33(7)27(30)35/h8-15,25,34H,1-7H3/t25-,30+/m1/s1. The summed E-state index contributed by atoms with van der Waals surface area (Å²) in [5.74, 6) is 0.347. The van der Waals surface area contributed by atoms with Gasteiger partial charge in [0.1, 0.15) is 11.5 Å². The maximum absolute atomic E-state index is 14.2. The summed E-state index contributed by atoms with van der Waals surface area (Å²) in [5, 5.41) is 11.9. The lowest BCUT2D eigenvalue weighted by atomic mass is 9.71. The molecule has 3 aromatic rings. The quantitative estimate of drug-likeness (QED) is 0.326. The SMILES string of the molecule is CN1C(=O)[C@]2(Oc3cc(Cl)ccc3[C@H]2c2cc(C(C)(C)C)c(O)c(C(C)(C)C)c2)c2cc(Br)ccc21. The zero-order valence-electron chi connectivity index (χ0n) is 21.7. The van der Waals surface area contributed by atoms with E-state index in [0.29, 0.717) is 16.5 Å². The van der Waals surface area contributed by atoms with E-state index in [1.54, 1.807) is 18.0 Å². The van der Waals surface area contributed by atoms with Crippen molar-refractivity contribution >= 4 is 39.1 Å². The molecule has 188 valence electrons. The number of likely N-dealkylation sites (N-methyl/N-ethyl adjacent to an activating group) is 1. The van der Waals surface area contributed by atoms with Gasteiger partial charge in [-0.1, -0.05) is 87.3 Å². The zero-order chi connectivity index (χ0) is 26.4. The van der Waals surface area contributed by atoms with Crippen molar-refractivity contribution in [2.75, 3.05) is 11.9 Å². The Balaban J connectivity index is 1.88. The Morgan fingerprint density at radius 1 is 0.972 bits per heavy atom. The highest BCUT2D eigenvalue weighted by molar-refractivity contribution is 9.10. The van der Waals surface area contributed by atoms with Crippen LogP contribution in [0.2, 0.25) is 5.02 Å². The minimum atomic E-state index is -1.29. The molecule has 0 unspecified atom stereocenters. The topological polar surface area (TPSA) is 49.8 Å². The molecule has 2 atom stereocenters. The van der Waals surface area contributed by atoms with Crippen molar-refractivity contribution in [2.45, 2.75) is 63.9 Å². The third-order valence-corrected chi connectivity index (χ3v) is 8.12. The van der Waals surface area contributed by atoms with Crippen LogP contribution in [-0.4, -0.2) is 18.1 Å². The largest absolute Gasteiger partial charge is 0.507 e. The third-order valence-electron chi connectivity index (χ3n) is 7.39. The Kier molecular flexibility index (Phi) is 5.59. The van der Waals surface area contributed by atoms with Crippen LogP contribution >= 0.6 is 27.5 Å². The lowest BCUT2D eigenvalue weighted by Gasteiger charge is -2.33. The van der Waals surface area contributed by atoms with Crippen LogP contribution in [-0.2, 0) is 21.2 Å². The number of anilines is 1. The van der Waals surface area contributed by atoms with Crippen LogP contribution in [0, 0.1) is 0 Å². The van der Waals surface area contributed by atoms with Crippen molar-refractivity contribution in [3.05, 3.63) is 85.8 Å². The molecule has 0 saturated heterocycles. The number of phenols is 1. The molecule has 0 fully saturated rings. The number of benzene rings is 3. The number of carbonyl (C=O) groups excluding carboxylic acids is 1. The molecule has 0 radical (unpaired) electrons. The first-order valence-corrected chi connectivity index (χ1v) is 13.3. The second-order valence-electron chi connectivity index (χ2n) is 11.9. The van der Waals surface area contributed by atoms with Gasteiger partial charge in [0.25, 0.3) is 5.91 Å². The maximum Gasteiger partial charge on any atom is 0.276 e. The fourth-order valence-corrected chi connectivity index (χ4v) is 6.14. The summed E-state index contributed by atoms with van der Waals surface area (Å²) in [4.78, 5) is 15.8. The van der Waals surface area contributed by atoms with Crippen LogP contribution in [0.3, 0.4) is 0 Å². The highest BCUT2D eigenvalue weighted by Gasteiger charge is 2.62. The molecule has 1 amide bonds. The highest BCUT2D eigenvalue weighted by Crippen LogP contribution is 2.60. The van der Waals surface area contributed by atoms with Gasteiger partial charge in [0.2, 0.25) is 5.60 Å². The summed E-state index contributed by atoms with van der Waals surface area (Å²) in [6.45, 7) is 12.5. The van der Waals surface area contributed by atoms with E-state index in [1.165, 1.54) is 0 Å². The number of halogens is 2. The maximum atomic E-state index is 14.2. The van der Waals surface area contributed by atoms with Crippen molar-refractivity contribution in [2.24, 2.45) is 0 Å². The number of amides is 1. The van der Waals surface area contributed by atoms with Crippen molar-refractivity contribution < 1.29 is 14.6 Å². The summed E-state index contributed by atoms with van der Waals surface area (Å²) in [5.41, 5.74) is 3.23. The molecular weight excluding hydrogens is 538 g/mol. The average Bonchev–Trinajstić information content (AvgIpc) is 3.20. The summed E-state index contributed by atoms with van der Waals surface area (Å²) in [6, 6.07) is 15.6. The lowest BCUT2D eigenvalue weighted by Crippen LogP contribution is -2.45. The molecule has 2 aliphatic heterocycles. The summed E-state index contributed by atoms with van der Waals surface area (Å²) in [7, 11) is 1.79. The Hall–Kier alpha value is -2.50. The van der Waals surface area contributed by atoms with Crippen molar-refractivity contribution in [1.82, 2.24) is 0 Å². The molecule has 4 nitrogen and oxygen atoms in total. The molecule has 2 aliphatic rings. The first kappa shape index (κ1) is 25.2. The summed E-state index contributed by atoms with van der Waals surface area (Å²) >= 11 is 9.98. The van der Waals surface area contributed by atoms with Gasteiger partial charge in [0.05, 0.1) is 11.6 Å². The normalized spacial score (nSPS) is 21.1. The van der Waals surface area contributed by atoms with Gasteiger partial charge in [0.15, 0.2) is 0 Å². The van der Waals surface area contributed by atoms with Gasteiger partial charge in [-0.2, -0.15) is 0 Å². The predicted octanol–water partition coefficient (Wildman–Crippen LogP) is 7.80. The summed E-state index contributed by atoms with van der Waals surface area (Å²) < 4.78 is 7.56. The molecule has 0 bridgehead atoms. The van der Waals surface area contributed by atoms with Crippen LogP contribution in [0.4, 0.5) is 5.69 Å². The number of rotatable bonds is 1. The van der Waals surface area contributed by atoms with E-state index in [9.17, 15) is 9.90 Å². The van der Waals surface area contributed by atoms with Crippen molar-refractivity contribution in [3.8, 4) is 11.5 Å². The van der Waals surface area contributed by atoms with Gasteiger partial charge < -0.3 is 14.7 Å². The van der Waals surface area contributed by atoms with Crippen LogP contribution in [0.1, 0.15) is 75.3 Å². The van der Waals surface area contributed by atoms with E-state index in [0.717, 1.165) is 38.0 Å². The number of fused-ring (bicyclic) bond motifs is 3. The minimum absolute atomic E-state index is 0.129. The number of hydrogen-bond acceptors (Lipinski definition) is 3. The van der Waals surface area contributed by atoms with Crippen LogP contribution in [0.15, 0.2) is 53.0 Å². The van der Waals surface area contributed by atoms with E-state index in [1.807, 2.05) is 42.5 Å². The van der Waals surface area contributed by atoms with Gasteiger partial charge in [-0.3, -0.25) is 4.79 Å². The molecule has 6 heteroatoms. The van der Waals surface area contributed by atoms with E-state index in [-0.39, 0.29) is 16.7 Å². The number of nitrogens with zero attached hydrogens (tertiary/aromatic N) is 1. The minimum Gasteiger partial charge on any atom is -0.507 e. The molecule has 0 aromatic heterocycles. The van der Waals surface area contributed by atoms with Crippen LogP contribution in [0.25, 0.3) is 0 Å². The number of phenolic OH excluding ortho intramolecular Hbond substituents is 1. The van der Waals surface area contributed by atoms with E-state index in [2.05, 4.69) is 57.5 Å². The zero-order valence-corrected chi connectivity index (χ0v) is 24.0. The molecule has 36 heavy (non-hydrogen) atoms. The smallest absolute Gasteiger partial charge is 0.276 e. The van der Waals surface area contributed by atoms with Gasteiger partial charge >= 0.3 is 0 Å². The predicted molar refractivity (Wildman–Crippen MR) is 149 cm³/mol. The monoisotopic (exact) mass is 567 g/mol. The number of aromatic hydroxyl groups is 1. The molecule has 1 N–H and O–H groups in total. The Bertz CT molecular complexity index is 1380. The number of hydrogen-bond donors (Lipinski definition) is 1. The Morgan fingerprint density at radius 3 is 2.17 bits per heavy atom. The van der Waals surface area contributed by atoms with Gasteiger partial charge in [0, 0.05) is 27.7 Å². The molecular formula is C30H31BrClNO3. The first-order valence-electron chi connectivity index (χ1n) is 12.1. The average molecular weight is 569 g/mol. The van der Waals surface area contributed by atoms with E-state index >= 15 is 0 Å². The number of carbonyl (C=O) groups is 1. The van der Waals surface area contributed by atoms with Crippen molar-refractivity contribution in [1.29, 1.82) is 0 Å². The van der Waals surface area contributed by atoms with Crippen molar-refractivity contribution in [3.63, 3.8) is 0 Å². The number of ether oxygens (including phenoxy) is 1. The van der Waals surface area contributed by atoms with Gasteiger partial charge in [-0.25, -0.2) is 0 Å². The third kappa shape index (κ3) is 3.58. The second kappa shape index (κ2) is 8.00. The molecule has 5 rings (SSSR count). The lowest BCUT2D eigenvalue weighted by molar-refractivity contribution is -0.132. The van der Waals surface area contributed by atoms with Gasteiger partial charge in [-0.15, -0.1) is 0 Å². The Morgan fingerprint density at radius 2 is 1.58 bits per heavy atom. The fraction of sp³-hybridized carbons (Fsp3) is 0.367. The van der Waals surface area contributed by atoms with Gasteiger partial charge in [-0.05, 0) is 57.9 Å². The fourth-order valence-electron chi connectivity index (χ4n) is 5.62. The molecule has 0 saturated carbocycles.